The maximum atomic E-state index is 5.44. The molecule has 4 rings (SSSR count). The molecule has 26 heavy (non-hydrogen) atoms. The number of ether oxygens (including phenoxy) is 2. The second-order valence-electron chi connectivity index (χ2n) is 7.06. The summed E-state index contributed by atoms with van der Waals surface area (Å²) in [7, 11) is 0. The Morgan fingerprint density at radius 2 is 1.73 bits per heavy atom. The first kappa shape index (κ1) is 16.9. The molecule has 2 heterocycles. The van der Waals surface area contributed by atoms with Gasteiger partial charge in [-0.25, -0.2) is 9.97 Å². The van der Waals surface area contributed by atoms with Crippen molar-refractivity contribution in [2.75, 3.05) is 17.4 Å². The van der Waals surface area contributed by atoms with E-state index in [1.54, 1.807) is 0 Å². The highest BCUT2D eigenvalue weighted by atomic mass is 16.7. The number of fused-ring (bicyclic) bond motifs is 1. The van der Waals surface area contributed by atoms with Crippen LogP contribution in [0.2, 0.25) is 0 Å². The number of rotatable bonds is 5. The van der Waals surface area contributed by atoms with Crippen LogP contribution in [0.3, 0.4) is 0 Å². The molecule has 0 saturated heterocycles. The van der Waals surface area contributed by atoms with Crippen LogP contribution in [-0.4, -0.2) is 22.8 Å². The van der Waals surface area contributed by atoms with E-state index < -0.39 is 0 Å². The van der Waals surface area contributed by atoms with E-state index in [1.807, 2.05) is 31.2 Å². The molecule has 0 spiro atoms. The van der Waals surface area contributed by atoms with Crippen molar-refractivity contribution in [2.45, 2.75) is 58.0 Å². The molecule has 0 radical (unpaired) electrons. The van der Waals surface area contributed by atoms with E-state index in [0.717, 1.165) is 34.5 Å². The lowest BCUT2D eigenvalue weighted by molar-refractivity contribution is 0.174. The highest BCUT2D eigenvalue weighted by molar-refractivity contribution is 5.49. The highest BCUT2D eigenvalue weighted by Gasteiger charge is 2.14. The third-order valence-electron chi connectivity index (χ3n) is 4.96. The van der Waals surface area contributed by atoms with E-state index in [2.05, 4.69) is 20.6 Å². The van der Waals surface area contributed by atoms with Crippen molar-refractivity contribution in [3.8, 4) is 11.5 Å². The van der Waals surface area contributed by atoms with E-state index in [-0.39, 0.29) is 0 Å². The van der Waals surface area contributed by atoms with Crippen LogP contribution in [0, 0.1) is 6.92 Å². The first-order valence-corrected chi connectivity index (χ1v) is 9.51. The predicted molar refractivity (Wildman–Crippen MR) is 102 cm³/mol. The molecule has 138 valence electrons. The van der Waals surface area contributed by atoms with E-state index in [9.17, 15) is 0 Å². The van der Waals surface area contributed by atoms with Crippen LogP contribution in [0.1, 0.15) is 49.9 Å². The van der Waals surface area contributed by atoms with Gasteiger partial charge in [0.2, 0.25) is 6.79 Å². The molecule has 2 aromatic rings. The van der Waals surface area contributed by atoms with Crippen molar-refractivity contribution in [1.82, 2.24) is 9.97 Å². The number of aryl methyl sites for hydroxylation is 1. The molecule has 0 unspecified atom stereocenters. The smallest absolute Gasteiger partial charge is 0.231 e. The van der Waals surface area contributed by atoms with Crippen molar-refractivity contribution in [3.05, 3.63) is 35.7 Å². The van der Waals surface area contributed by atoms with E-state index in [1.165, 1.54) is 38.5 Å². The molecular weight excluding hydrogens is 328 g/mol. The van der Waals surface area contributed by atoms with Gasteiger partial charge in [0.25, 0.3) is 0 Å². The van der Waals surface area contributed by atoms with Gasteiger partial charge in [0.05, 0.1) is 0 Å². The van der Waals surface area contributed by atoms with E-state index in [4.69, 9.17) is 9.47 Å². The molecule has 0 amide bonds. The summed E-state index contributed by atoms with van der Waals surface area (Å²) in [6, 6.07) is 8.52. The molecule has 1 aromatic carbocycles. The van der Waals surface area contributed by atoms with Gasteiger partial charge in [0.1, 0.15) is 17.5 Å². The van der Waals surface area contributed by atoms with Crippen molar-refractivity contribution in [3.63, 3.8) is 0 Å². The second-order valence-corrected chi connectivity index (χ2v) is 7.06. The van der Waals surface area contributed by atoms with Gasteiger partial charge >= 0.3 is 0 Å². The van der Waals surface area contributed by atoms with Gasteiger partial charge in [-0.1, -0.05) is 31.7 Å². The Hall–Kier alpha value is -2.50. The van der Waals surface area contributed by atoms with Crippen molar-refractivity contribution < 1.29 is 9.47 Å². The minimum absolute atomic E-state index is 0.299. The fourth-order valence-electron chi connectivity index (χ4n) is 3.61. The van der Waals surface area contributed by atoms with E-state index >= 15 is 0 Å². The number of benzene rings is 1. The van der Waals surface area contributed by atoms with E-state index in [0.29, 0.717) is 19.4 Å². The molecule has 2 aliphatic rings. The zero-order chi connectivity index (χ0) is 17.8. The lowest BCUT2D eigenvalue weighted by Gasteiger charge is -2.18. The Morgan fingerprint density at radius 3 is 2.58 bits per heavy atom. The fourth-order valence-corrected chi connectivity index (χ4v) is 3.61. The van der Waals surface area contributed by atoms with Gasteiger partial charge in [-0.2, -0.15) is 0 Å². The third-order valence-corrected chi connectivity index (χ3v) is 4.96. The predicted octanol–water partition coefficient (Wildman–Crippen LogP) is 4.26. The van der Waals surface area contributed by atoms with Crippen molar-refractivity contribution in [2.24, 2.45) is 0 Å². The highest BCUT2D eigenvalue weighted by Crippen LogP contribution is 2.32. The van der Waals surface area contributed by atoms with Gasteiger partial charge in [-0.15, -0.1) is 0 Å². The monoisotopic (exact) mass is 354 g/mol. The molecule has 0 bridgehead atoms. The molecule has 1 saturated carbocycles. The summed E-state index contributed by atoms with van der Waals surface area (Å²) in [6.07, 6.45) is 7.76. The largest absolute Gasteiger partial charge is 0.454 e. The van der Waals surface area contributed by atoms with Crippen LogP contribution in [0.5, 0.6) is 11.5 Å². The molecule has 1 aliphatic heterocycles. The lowest BCUT2D eigenvalue weighted by atomic mass is 10.1. The normalized spacial score (nSPS) is 17.0. The van der Waals surface area contributed by atoms with Crippen molar-refractivity contribution in [1.29, 1.82) is 0 Å². The van der Waals surface area contributed by atoms with Crippen LogP contribution in [0.15, 0.2) is 24.3 Å². The summed E-state index contributed by atoms with van der Waals surface area (Å²) >= 11 is 0. The van der Waals surface area contributed by atoms with Gasteiger partial charge in [-0.05, 0) is 37.5 Å². The quantitative estimate of drug-likeness (QED) is 0.782. The molecular formula is C20H26N4O2. The zero-order valence-electron chi connectivity index (χ0n) is 15.3. The molecule has 6 heteroatoms. The summed E-state index contributed by atoms with van der Waals surface area (Å²) in [5.41, 5.74) is 1.13. The average Bonchev–Trinajstić information content (AvgIpc) is 2.95. The summed E-state index contributed by atoms with van der Waals surface area (Å²) in [6.45, 7) is 2.91. The minimum atomic E-state index is 0.299. The maximum absolute atomic E-state index is 5.44. The number of nitrogens with one attached hydrogen (secondary N) is 2. The Bertz CT molecular complexity index is 757. The van der Waals surface area contributed by atoms with Crippen LogP contribution < -0.4 is 20.1 Å². The first-order chi connectivity index (χ1) is 12.8. The van der Waals surface area contributed by atoms with Crippen LogP contribution in [-0.2, 0) is 6.54 Å². The Labute approximate surface area is 154 Å². The van der Waals surface area contributed by atoms with Crippen molar-refractivity contribution >= 4 is 11.6 Å². The van der Waals surface area contributed by atoms with Gasteiger partial charge in [0, 0.05) is 18.7 Å². The lowest BCUT2D eigenvalue weighted by Crippen LogP contribution is -2.19. The Balaban J connectivity index is 1.40. The zero-order valence-corrected chi connectivity index (χ0v) is 15.3. The molecule has 1 aromatic heterocycles. The average molecular weight is 354 g/mol. The number of anilines is 2. The number of nitrogens with zero attached hydrogens (tertiary/aromatic N) is 2. The summed E-state index contributed by atoms with van der Waals surface area (Å²) in [5, 5.41) is 7.00. The standard InChI is InChI=1S/C20H26N4O2/c1-14-22-19(11-20(23-14)24-16-6-4-2-3-5-7-16)21-12-15-8-9-17-18(10-15)26-13-25-17/h8-11,16H,2-7,12-13H2,1H3,(H2,21,22,23,24). The first-order valence-electron chi connectivity index (χ1n) is 9.51. The van der Waals surface area contributed by atoms with Crippen LogP contribution in [0.25, 0.3) is 0 Å². The Morgan fingerprint density at radius 1 is 0.962 bits per heavy atom. The third kappa shape index (κ3) is 4.18. The summed E-state index contributed by atoms with van der Waals surface area (Å²) < 4.78 is 10.8. The molecule has 1 fully saturated rings. The SMILES string of the molecule is Cc1nc(NCc2ccc3c(c2)OCO3)cc(NC2CCCCCC2)n1. The van der Waals surface area contributed by atoms with Crippen LogP contribution >= 0.6 is 0 Å². The summed E-state index contributed by atoms with van der Waals surface area (Å²) in [5.74, 6) is 4.14. The van der Waals surface area contributed by atoms with Crippen LogP contribution in [0.4, 0.5) is 11.6 Å². The molecule has 1 aliphatic carbocycles. The summed E-state index contributed by atoms with van der Waals surface area (Å²) in [4.78, 5) is 9.08. The van der Waals surface area contributed by atoms with Gasteiger partial charge in [-0.3, -0.25) is 0 Å². The minimum Gasteiger partial charge on any atom is -0.454 e. The fraction of sp³-hybridized carbons (Fsp3) is 0.500. The van der Waals surface area contributed by atoms with Gasteiger partial charge in [0.15, 0.2) is 11.5 Å². The number of aromatic nitrogens is 2. The second kappa shape index (κ2) is 7.81. The molecule has 0 atom stereocenters. The maximum Gasteiger partial charge on any atom is 0.231 e. The number of hydrogen-bond donors (Lipinski definition) is 2. The Kier molecular flexibility index (Phi) is 5.09. The van der Waals surface area contributed by atoms with Gasteiger partial charge < -0.3 is 20.1 Å². The number of hydrogen-bond acceptors (Lipinski definition) is 6. The molecule has 2 N–H and O–H groups in total. The topological polar surface area (TPSA) is 68.3 Å². The molecule has 6 nitrogen and oxygen atoms in total.